The van der Waals surface area contributed by atoms with Gasteiger partial charge in [0.25, 0.3) is 0 Å². The monoisotopic (exact) mass is 417 g/mol. The number of hydrogen-bond acceptors (Lipinski definition) is 5. The molecule has 2 aromatic carbocycles. The van der Waals surface area contributed by atoms with Crippen molar-refractivity contribution in [2.75, 3.05) is 0 Å². The number of pyridine rings is 1. The van der Waals surface area contributed by atoms with Crippen molar-refractivity contribution in [1.29, 1.82) is 0 Å². The van der Waals surface area contributed by atoms with Crippen LogP contribution in [0.1, 0.15) is 29.0 Å². The second kappa shape index (κ2) is 9.98. The van der Waals surface area contributed by atoms with Crippen molar-refractivity contribution in [3.8, 4) is 5.75 Å². The van der Waals surface area contributed by atoms with E-state index >= 15 is 0 Å². The minimum absolute atomic E-state index is 0.0630. The van der Waals surface area contributed by atoms with Gasteiger partial charge in [-0.05, 0) is 48.7 Å². The van der Waals surface area contributed by atoms with E-state index in [0.29, 0.717) is 19.6 Å². The smallest absolute Gasteiger partial charge is 0.220 e. The zero-order valence-corrected chi connectivity index (χ0v) is 17.4. The van der Waals surface area contributed by atoms with Crippen LogP contribution in [0.5, 0.6) is 5.75 Å². The first kappa shape index (κ1) is 20.0. The molecule has 0 aliphatic carbocycles. The Hall–Kier alpha value is -3.25. The highest BCUT2D eigenvalue weighted by Gasteiger charge is 2.06. The Balaban J connectivity index is 1.17. The van der Waals surface area contributed by atoms with Crippen LogP contribution in [0.4, 0.5) is 0 Å². The third-order valence-electron chi connectivity index (χ3n) is 4.67. The molecule has 0 fully saturated rings. The number of benzene rings is 2. The van der Waals surface area contributed by atoms with E-state index in [4.69, 9.17) is 4.74 Å². The third-order valence-corrected chi connectivity index (χ3v) is 5.77. The summed E-state index contributed by atoms with van der Waals surface area (Å²) in [6, 6.07) is 19.8. The zero-order chi connectivity index (χ0) is 20.6. The van der Waals surface area contributed by atoms with Crippen molar-refractivity contribution in [2.45, 2.75) is 32.4 Å². The Morgan fingerprint density at radius 2 is 1.87 bits per heavy atom. The van der Waals surface area contributed by atoms with E-state index in [2.05, 4.69) is 21.4 Å². The van der Waals surface area contributed by atoms with Gasteiger partial charge in [-0.25, -0.2) is 4.98 Å². The van der Waals surface area contributed by atoms with Crippen LogP contribution in [0, 0.1) is 0 Å². The third kappa shape index (κ3) is 5.64. The number of carbonyl (C=O) groups excluding carboxylic acids is 1. The fraction of sp³-hybridized carbons (Fsp3) is 0.208. The van der Waals surface area contributed by atoms with Gasteiger partial charge in [-0.3, -0.25) is 9.78 Å². The quantitative estimate of drug-likeness (QED) is 0.420. The molecule has 1 N–H and O–H groups in total. The van der Waals surface area contributed by atoms with Crippen LogP contribution in [0.15, 0.2) is 73.1 Å². The van der Waals surface area contributed by atoms with Gasteiger partial charge in [-0.1, -0.05) is 30.3 Å². The molecule has 2 aromatic heterocycles. The molecule has 152 valence electrons. The summed E-state index contributed by atoms with van der Waals surface area (Å²) in [6.45, 7) is 1.00. The summed E-state index contributed by atoms with van der Waals surface area (Å²) in [7, 11) is 0. The van der Waals surface area contributed by atoms with Crippen molar-refractivity contribution in [3.05, 3.63) is 89.2 Å². The summed E-state index contributed by atoms with van der Waals surface area (Å²) < 4.78 is 6.96. The molecule has 1 amide bonds. The summed E-state index contributed by atoms with van der Waals surface area (Å²) in [5, 5.41) is 4.07. The number of fused-ring (bicyclic) bond motifs is 1. The second-order valence-corrected chi connectivity index (χ2v) is 8.11. The fourth-order valence-corrected chi connectivity index (χ4v) is 4.08. The lowest BCUT2D eigenvalue weighted by molar-refractivity contribution is -0.121. The van der Waals surface area contributed by atoms with Crippen LogP contribution in [0.2, 0.25) is 0 Å². The number of amides is 1. The Bertz CT molecular complexity index is 1060. The average Bonchev–Trinajstić information content (AvgIpc) is 3.20. The van der Waals surface area contributed by atoms with Crippen molar-refractivity contribution in [3.63, 3.8) is 0 Å². The van der Waals surface area contributed by atoms with Crippen LogP contribution in [-0.4, -0.2) is 15.9 Å². The van der Waals surface area contributed by atoms with Gasteiger partial charge >= 0.3 is 0 Å². The molecule has 30 heavy (non-hydrogen) atoms. The zero-order valence-electron chi connectivity index (χ0n) is 16.6. The van der Waals surface area contributed by atoms with Gasteiger partial charge in [0.15, 0.2) is 0 Å². The Morgan fingerprint density at radius 3 is 2.67 bits per heavy atom. The molecule has 0 unspecified atom stereocenters. The van der Waals surface area contributed by atoms with E-state index < -0.39 is 0 Å². The summed E-state index contributed by atoms with van der Waals surface area (Å²) in [4.78, 5) is 20.8. The van der Waals surface area contributed by atoms with E-state index in [1.165, 1.54) is 4.70 Å². The molecule has 0 aliphatic heterocycles. The number of para-hydroxylation sites is 1. The molecule has 6 heteroatoms. The average molecular weight is 418 g/mol. The number of rotatable bonds is 9. The van der Waals surface area contributed by atoms with Gasteiger partial charge in [-0.15, -0.1) is 11.3 Å². The highest BCUT2D eigenvalue weighted by Crippen LogP contribution is 2.22. The summed E-state index contributed by atoms with van der Waals surface area (Å²) in [6.07, 6.45) is 5.67. The van der Waals surface area contributed by atoms with E-state index in [0.717, 1.165) is 40.2 Å². The van der Waals surface area contributed by atoms with Crippen LogP contribution >= 0.6 is 11.3 Å². The summed E-state index contributed by atoms with van der Waals surface area (Å²) >= 11 is 1.70. The largest absolute Gasteiger partial charge is 0.489 e. The normalized spacial score (nSPS) is 10.8. The van der Waals surface area contributed by atoms with Crippen LogP contribution in [0.3, 0.4) is 0 Å². The maximum absolute atomic E-state index is 12.1. The van der Waals surface area contributed by atoms with Gasteiger partial charge in [0.05, 0.1) is 15.2 Å². The number of carbonyl (C=O) groups is 1. The minimum Gasteiger partial charge on any atom is -0.489 e. The molecule has 2 heterocycles. The number of thiazole rings is 1. The molecule has 0 atom stereocenters. The lowest BCUT2D eigenvalue weighted by Crippen LogP contribution is -2.22. The number of aryl methyl sites for hydroxylation is 1. The predicted octanol–water partition coefficient (Wildman–Crippen LogP) is 4.91. The summed E-state index contributed by atoms with van der Waals surface area (Å²) in [5.74, 6) is 0.859. The number of aromatic nitrogens is 2. The molecule has 0 saturated heterocycles. The molecule has 0 spiro atoms. The first-order valence-corrected chi connectivity index (χ1v) is 10.8. The Labute approximate surface area is 179 Å². The van der Waals surface area contributed by atoms with Crippen LogP contribution < -0.4 is 10.1 Å². The summed E-state index contributed by atoms with van der Waals surface area (Å²) in [5.41, 5.74) is 3.11. The molecular formula is C24H23N3O2S. The fourth-order valence-electron chi connectivity index (χ4n) is 3.07. The lowest BCUT2D eigenvalue weighted by Gasteiger charge is -2.08. The first-order chi connectivity index (χ1) is 14.8. The number of nitrogens with zero attached hydrogens (tertiary/aromatic N) is 2. The molecule has 0 saturated carbocycles. The van der Waals surface area contributed by atoms with Gasteiger partial charge in [0.1, 0.15) is 12.4 Å². The number of hydrogen-bond donors (Lipinski definition) is 1. The van der Waals surface area contributed by atoms with Crippen molar-refractivity contribution in [1.82, 2.24) is 15.3 Å². The topological polar surface area (TPSA) is 64.1 Å². The molecule has 5 nitrogen and oxygen atoms in total. The highest BCUT2D eigenvalue weighted by molar-refractivity contribution is 7.18. The number of nitrogens with one attached hydrogen (secondary N) is 1. The number of ether oxygens (including phenoxy) is 1. The van der Waals surface area contributed by atoms with Gasteiger partial charge in [0.2, 0.25) is 5.91 Å². The molecule has 0 bridgehead atoms. The van der Waals surface area contributed by atoms with Crippen molar-refractivity contribution >= 4 is 27.5 Å². The SMILES string of the molecule is O=C(CCCc1nc2ccccc2s1)NCc1ccc(OCc2cccnc2)cc1. The lowest BCUT2D eigenvalue weighted by atomic mass is 10.2. The van der Waals surface area contributed by atoms with Gasteiger partial charge in [0, 0.05) is 30.9 Å². The molecule has 4 aromatic rings. The van der Waals surface area contributed by atoms with Crippen LogP contribution in [0.25, 0.3) is 10.2 Å². The van der Waals surface area contributed by atoms with E-state index in [1.807, 2.05) is 54.6 Å². The first-order valence-electron chi connectivity index (χ1n) is 9.98. The second-order valence-electron chi connectivity index (χ2n) is 7.00. The maximum atomic E-state index is 12.1. The molecule has 0 aliphatic rings. The van der Waals surface area contributed by atoms with Gasteiger partial charge in [-0.2, -0.15) is 0 Å². The molecule has 4 rings (SSSR count). The van der Waals surface area contributed by atoms with E-state index in [1.54, 1.807) is 23.7 Å². The van der Waals surface area contributed by atoms with Gasteiger partial charge < -0.3 is 10.1 Å². The standard InChI is InChI=1S/C24H23N3O2S/c28-23(8-3-9-24-27-21-6-1-2-7-22(21)30-24)26-16-18-10-12-20(13-11-18)29-17-19-5-4-14-25-15-19/h1-2,4-7,10-15H,3,8-9,16-17H2,(H,26,28). The predicted molar refractivity (Wildman–Crippen MR) is 119 cm³/mol. The van der Waals surface area contributed by atoms with Crippen molar-refractivity contribution < 1.29 is 9.53 Å². The van der Waals surface area contributed by atoms with Crippen molar-refractivity contribution in [2.24, 2.45) is 0 Å². The Morgan fingerprint density at radius 1 is 1.00 bits per heavy atom. The van der Waals surface area contributed by atoms with E-state index in [9.17, 15) is 4.79 Å². The Kier molecular flexibility index (Phi) is 6.67. The highest BCUT2D eigenvalue weighted by atomic mass is 32.1. The maximum Gasteiger partial charge on any atom is 0.220 e. The minimum atomic E-state index is 0.0630. The molecule has 0 radical (unpaired) electrons. The van der Waals surface area contributed by atoms with Crippen LogP contribution in [-0.2, 0) is 24.4 Å². The molecular weight excluding hydrogens is 394 g/mol. The van der Waals surface area contributed by atoms with E-state index in [-0.39, 0.29) is 5.91 Å².